The molecule has 0 saturated carbocycles. The van der Waals surface area contributed by atoms with Crippen molar-refractivity contribution in [3.63, 3.8) is 0 Å². The molecule has 2 aliphatic heterocycles. The number of ether oxygens (including phenoxy) is 1. The number of fused-ring (bicyclic) bond motifs is 1. The zero-order valence-electron chi connectivity index (χ0n) is 11.1. The Balaban J connectivity index is 1.63. The van der Waals surface area contributed by atoms with E-state index in [1.165, 1.54) is 0 Å². The fourth-order valence-electron chi connectivity index (χ4n) is 2.53. The summed E-state index contributed by atoms with van der Waals surface area (Å²) in [6.07, 6.45) is 2.64. The molecule has 1 saturated heterocycles. The van der Waals surface area contributed by atoms with Crippen LogP contribution in [0.15, 0.2) is 18.2 Å². The SMILES string of the molecule is O=C(CC1CCCN1)Nc1ccc2c(c1)NC(=O)CO2. The Morgan fingerprint density at radius 1 is 1.45 bits per heavy atom. The van der Waals surface area contributed by atoms with Gasteiger partial charge >= 0.3 is 0 Å². The summed E-state index contributed by atoms with van der Waals surface area (Å²) < 4.78 is 5.27. The summed E-state index contributed by atoms with van der Waals surface area (Å²) in [5, 5.41) is 8.86. The molecule has 1 unspecified atom stereocenters. The van der Waals surface area contributed by atoms with Crippen molar-refractivity contribution in [2.24, 2.45) is 0 Å². The van der Waals surface area contributed by atoms with Gasteiger partial charge in [0.2, 0.25) is 5.91 Å². The summed E-state index contributed by atoms with van der Waals surface area (Å²) in [6, 6.07) is 5.51. The smallest absolute Gasteiger partial charge is 0.262 e. The van der Waals surface area contributed by atoms with Crippen LogP contribution in [0.4, 0.5) is 11.4 Å². The van der Waals surface area contributed by atoms with E-state index in [1.807, 2.05) is 0 Å². The van der Waals surface area contributed by atoms with Crippen LogP contribution in [0.5, 0.6) is 5.75 Å². The van der Waals surface area contributed by atoms with Gasteiger partial charge in [-0.05, 0) is 37.6 Å². The van der Waals surface area contributed by atoms with Crippen LogP contribution in [-0.4, -0.2) is 31.0 Å². The average molecular weight is 275 g/mol. The van der Waals surface area contributed by atoms with Crippen LogP contribution in [0.2, 0.25) is 0 Å². The quantitative estimate of drug-likeness (QED) is 0.771. The Bertz CT molecular complexity index is 538. The second-order valence-corrected chi connectivity index (χ2v) is 5.09. The number of hydrogen-bond donors (Lipinski definition) is 3. The molecule has 0 bridgehead atoms. The van der Waals surface area contributed by atoms with Crippen LogP contribution in [0, 0.1) is 0 Å². The van der Waals surface area contributed by atoms with Crippen molar-refractivity contribution >= 4 is 23.2 Å². The molecule has 2 aliphatic rings. The number of rotatable bonds is 3. The first kappa shape index (κ1) is 12.9. The maximum Gasteiger partial charge on any atom is 0.262 e. The molecule has 1 aromatic carbocycles. The molecule has 3 rings (SSSR count). The third-order valence-electron chi connectivity index (χ3n) is 3.49. The first-order valence-corrected chi connectivity index (χ1v) is 6.80. The van der Waals surface area contributed by atoms with Crippen molar-refractivity contribution in [1.82, 2.24) is 5.32 Å². The van der Waals surface area contributed by atoms with Crippen LogP contribution < -0.4 is 20.7 Å². The summed E-state index contributed by atoms with van der Waals surface area (Å²) in [5.41, 5.74) is 1.26. The minimum atomic E-state index is -0.184. The van der Waals surface area contributed by atoms with E-state index >= 15 is 0 Å². The van der Waals surface area contributed by atoms with Crippen molar-refractivity contribution < 1.29 is 14.3 Å². The third kappa shape index (κ3) is 2.91. The zero-order valence-corrected chi connectivity index (χ0v) is 11.1. The third-order valence-corrected chi connectivity index (χ3v) is 3.49. The Morgan fingerprint density at radius 3 is 3.15 bits per heavy atom. The molecule has 1 fully saturated rings. The van der Waals surface area contributed by atoms with Gasteiger partial charge in [0.25, 0.3) is 5.91 Å². The van der Waals surface area contributed by atoms with Gasteiger partial charge in [0.05, 0.1) is 5.69 Å². The molecule has 0 spiro atoms. The van der Waals surface area contributed by atoms with Gasteiger partial charge in [0, 0.05) is 18.2 Å². The van der Waals surface area contributed by atoms with E-state index < -0.39 is 0 Å². The first-order valence-electron chi connectivity index (χ1n) is 6.80. The molecular formula is C14H17N3O3. The lowest BCUT2D eigenvalue weighted by atomic mass is 10.1. The van der Waals surface area contributed by atoms with Crippen molar-refractivity contribution in [2.75, 3.05) is 23.8 Å². The van der Waals surface area contributed by atoms with Gasteiger partial charge < -0.3 is 20.7 Å². The zero-order chi connectivity index (χ0) is 13.9. The van der Waals surface area contributed by atoms with E-state index in [0.717, 1.165) is 19.4 Å². The maximum atomic E-state index is 11.9. The number of anilines is 2. The Kier molecular flexibility index (Phi) is 3.56. The van der Waals surface area contributed by atoms with Gasteiger partial charge in [-0.2, -0.15) is 0 Å². The number of carbonyl (C=O) groups excluding carboxylic acids is 2. The molecule has 0 radical (unpaired) electrons. The van der Waals surface area contributed by atoms with Crippen molar-refractivity contribution in [1.29, 1.82) is 0 Å². The predicted molar refractivity (Wildman–Crippen MR) is 74.8 cm³/mol. The molecule has 20 heavy (non-hydrogen) atoms. The largest absolute Gasteiger partial charge is 0.482 e. The monoisotopic (exact) mass is 275 g/mol. The highest BCUT2D eigenvalue weighted by molar-refractivity contribution is 5.97. The van der Waals surface area contributed by atoms with Gasteiger partial charge in [-0.1, -0.05) is 0 Å². The average Bonchev–Trinajstić information content (AvgIpc) is 2.91. The lowest BCUT2D eigenvalue weighted by Gasteiger charge is -2.19. The maximum absolute atomic E-state index is 11.9. The molecule has 2 amide bonds. The fraction of sp³-hybridized carbons (Fsp3) is 0.429. The second kappa shape index (κ2) is 5.50. The molecule has 0 aromatic heterocycles. The van der Waals surface area contributed by atoms with Crippen molar-refractivity contribution in [3.8, 4) is 5.75 Å². The Labute approximate surface area is 116 Å². The first-order chi connectivity index (χ1) is 9.70. The minimum Gasteiger partial charge on any atom is -0.482 e. The van der Waals surface area contributed by atoms with E-state index in [1.54, 1.807) is 18.2 Å². The Morgan fingerprint density at radius 2 is 2.35 bits per heavy atom. The fourth-order valence-corrected chi connectivity index (χ4v) is 2.53. The van der Waals surface area contributed by atoms with Gasteiger partial charge in [-0.25, -0.2) is 0 Å². The molecule has 0 aliphatic carbocycles. The summed E-state index contributed by atoms with van der Waals surface area (Å²) in [5.74, 6) is 0.420. The standard InChI is InChI=1S/C14H17N3O3/c18-13(7-9-2-1-5-15-9)16-10-3-4-12-11(6-10)17-14(19)8-20-12/h3-4,6,9,15H,1-2,5,7-8H2,(H,16,18)(H,17,19). The topological polar surface area (TPSA) is 79.5 Å². The number of carbonyl (C=O) groups is 2. The molecular weight excluding hydrogens is 258 g/mol. The molecule has 1 atom stereocenters. The lowest BCUT2D eigenvalue weighted by Crippen LogP contribution is -2.28. The molecule has 6 nitrogen and oxygen atoms in total. The van der Waals surface area contributed by atoms with Crippen LogP contribution >= 0.6 is 0 Å². The summed E-state index contributed by atoms with van der Waals surface area (Å²) in [6.45, 7) is 1.02. The molecule has 106 valence electrons. The van der Waals surface area contributed by atoms with Crippen LogP contribution in [0.25, 0.3) is 0 Å². The summed E-state index contributed by atoms with van der Waals surface area (Å²) in [7, 11) is 0. The minimum absolute atomic E-state index is 0.0209. The molecule has 3 N–H and O–H groups in total. The van der Waals surface area contributed by atoms with E-state index in [9.17, 15) is 9.59 Å². The molecule has 6 heteroatoms. The highest BCUT2D eigenvalue weighted by Crippen LogP contribution is 2.30. The van der Waals surface area contributed by atoms with Gasteiger partial charge in [0.15, 0.2) is 6.61 Å². The number of amides is 2. The van der Waals surface area contributed by atoms with Gasteiger partial charge in [-0.15, -0.1) is 0 Å². The van der Waals surface area contributed by atoms with Gasteiger partial charge in [0.1, 0.15) is 5.75 Å². The Hall–Kier alpha value is -2.08. The van der Waals surface area contributed by atoms with Crippen LogP contribution in [0.3, 0.4) is 0 Å². The number of benzene rings is 1. The highest BCUT2D eigenvalue weighted by Gasteiger charge is 2.19. The van der Waals surface area contributed by atoms with E-state index in [2.05, 4.69) is 16.0 Å². The van der Waals surface area contributed by atoms with E-state index in [-0.39, 0.29) is 24.5 Å². The number of nitrogens with one attached hydrogen (secondary N) is 3. The van der Waals surface area contributed by atoms with Crippen molar-refractivity contribution in [3.05, 3.63) is 18.2 Å². The molecule has 1 aromatic rings. The van der Waals surface area contributed by atoms with E-state index in [0.29, 0.717) is 23.5 Å². The predicted octanol–water partition coefficient (Wildman–Crippen LogP) is 1.10. The van der Waals surface area contributed by atoms with Crippen molar-refractivity contribution in [2.45, 2.75) is 25.3 Å². The highest BCUT2D eigenvalue weighted by atomic mass is 16.5. The van der Waals surface area contributed by atoms with Crippen LogP contribution in [0.1, 0.15) is 19.3 Å². The number of hydrogen-bond acceptors (Lipinski definition) is 4. The van der Waals surface area contributed by atoms with Gasteiger partial charge in [-0.3, -0.25) is 9.59 Å². The lowest BCUT2D eigenvalue weighted by molar-refractivity contribution is -0.118. The second-order valence-electron chi connectivity index (χ2n) is 5.09. The summed E-state index contributed by atoms with van der Waals surface area (Å²) >= 11 is 0. The molecule has 2 heterocycles. The summed E-state index contributed by atoms with van der Waals surface area (Å²) in [4.78, 5) is 23.2. The normalized spacial score (nSPS) is 20.8. The van der Waals surface area contributed by atoms with E-state index in [4.69, 9.17) is 4.74 Å². The van der Waals surface area contributed by atoms with Crippen LogP contribution in [-0.2, 0) is 9.59 Å².